The van der Waals surface area contributed by atoms with Crippen LogP contribution in [-0.2, 0) is 0 Å². The highest BCUT2D eigenvalue weighted by molar-refractivity contribution is 5.53. The Morgan fingerprint density at radius 3 is 2.33 bits per heavy atom. The molecule has 2 aliphatic rings. The second-order valence-electron chi connectivity index (χ2n) is 6.43. The van der Waals surface area contributed by atoms with Crippen LogP contribution in [0.25, 0.3) is 0 Å². The average molecular weight is 330 g/mol. The number of nitrogens with zero attached hydrogens (tertiary/aromatic N) is 4. The molecule has 2 aromatic rings. The molecule has 1 saturated heterocycles. The van der Waals surface area contributed by atoms with Crippen LogP contribution in [0.1, 0.15) is 54.8 Å². The first-order valence-electron chi connectivity index (χ1n) is 8.13. The van der Waals surface area contributed by atoms with Crippen LogP contribution in [0.4, 0.5) is 14.5 Å². The fourth-order valence-corrected chi connectivity index (χ4v) is 3.20. The van der Waals surface area contributed by atoms with E-state index in [1.807, 2.05) is 0 Å². The van der Waals surface area contributed by atoms with E-state index in [9.17, 15) is 8.78 Å². The molecule has 5 nitrogen and oxygen atoms in total. The summed E-state index contributed by atoms with van der Waals surface area (Å²) in [5, 5.41) is 12.8. The maximum absolute atomic E-state index is 14.1. The predicted molar refractivity (Wildman–Crippen MR) is 81.5 cm³/mol. The van der Waals surface area contributed by atoms with E-state index in [-0.39, 0.29) is 17.2 Å². The summed E-state index contributed by atoms with van der Waals surface area (Å²) in [5.74, 6) is 0.616. The number of nitriles is 1. The Labute approximate surface area is 137 Å². The van der Waals surface area contributed by atoms with Gasteiger partial charge in [0.05, 0.1) is 11.6 Å². The Kier molecular flexibility index (Phi) is 3.68. The summed E-state index contributed by atoms with van der Waals surface area (Å²) in [6, 6.07) is 3.91. The molecule has 1 aromatic carbocycles. The number of aromatic nitrogens is 2. The van der Waals surface area contributed by atoms with Crippen LogP contribution < -0.4 is 4.90 Å². The predicted octanol–water partition coefficient (Wildman–Crippen LogP) is 3.48. The van der Waals surface area contributed by atoms with Crippen LogP contribution in [0.15, 0.2) is 16.7 Å². The van der Waals surface area contributed by atoms with Crippen molar-refractivity contribution >= 4 is 5.69 Å². The lowest BCUT2D eigenvalue weighted by molar-refractivity contribution is 0.364. The molecule has 1 aliphatic heterocycles. The minimum Gasteiger partial charge on any atom is -0.367 e. The van der Waals surface area contributed by atoms with Crippen LogP contribution in [0, 0.1) is 23.0 Å². The van der Waals surface area contributed by atoms with Gasteiger partial charge in [-0.1, -0.05) is 5.16 Å². The number of piperidine rings is 1. The van der Waals surface area contributed by atoms with Gasteiger partial charge in [0.25, 0.3) is 0 Å². The quantitative estimate of drug-likeness (QED) is 0.862. The van der Waals surface area contributed by atoms with Gasteiger partial charge in [0.2, 0.25) is 5.89 Å². The average Bonchev–Trinajstić information content (AvgIpc) is 3.32. The Bertz CT molecular complexity index is 778. The summed E-state index contributed by atoms with van der Waals surface area (Å²) in [7, 11) is 0. The van der Waals surface area contributed by atoms with E-state index in [4.69, 9.17) is 9.78 Å². The van der Waals surface area contributed by atoms with Gasteiger partial charge in [-0.15, -0.1) is 0 Å². The van der Waals surface area contributed by atoms with Crippen LogP contribution >= 0.6 is 0 Å². The third-order valence-electron chi connectivity index (χ3n) is 4.71. The largest absolute Gasteiger partial charge is 0.367 e. The standard InChI is InChI=1S/C17H16F2N4O/c18-13-7-10(9-20)8-14(19)15(13)23-5-3-11(4-6-23)16-21-17(24-22-16)12-1-2-12/h7-8,11-12H,1-6H2. The maximum Gasteiger partial charge on any atom is 0.229 e. The van der Waals surface area contributed by atoms with Gasteiger partial charge < -0.3 is 9.42 Å². The van der Waals surface area contributed by atoms with Crippen molar-refractivity contribution in [2.45, 2.75) is 37.5 Å². The molecule has 0 spiro atoms. The minimum absolute atomic E-state index is 0.0111. The van der Waals surface area contributed by atoms with Crippen molar-refractivity contribution < 1.29 is 13.3 Å². The number of benzene rings is 1. The lowest BCUT2D eigenvalue weighted by atomic mass is 9.95. The lowest BCUT2D eigenvalue weighted by Crippen LogP contribution is -2.34. The fourth-order valence-electron chi connectivity index (χ4n) is 3.20. The number of rotatable bonds is 3. The molecule has 7 heteroatoms. The lowest BCUT2D eigenvalue weighted by Gasteiger charge is -2.32. The van der Waals surface area contributed by atoms with E-state index in [0.29, 0.717) is 37.7 Å². The van der Waals surface area contributed by atoms with Crippen LogP contribution in [0.3, 0.4) is 0 Å². The van der Waals surface area contributed by atoms with Crippen molar-refractivity contribution in [3.63, 3.8) is 0 Å². The molecule has 2 fully saturated rings. The first-order valence-corrected chi connectivity index (χ1v) is 8.13. The Balaban J connectivity index is 1.47. The monoisotopic (exact) mass is 330 g/mol. The summed E-state index contributed by atoms with van der Waals surface area (Å²) >= 11 is 0. The molecule has 0 N–H and O–H groups in total. The SMILES string of the molecule is N#Cc1cc(F)c(N2CCC(c3noc(C4CC4)n3)CC2)c(F)c1. The number of hydrogen-bond donors (Lipinski definition) is 0. The third kappa shape index (κ3) is 2.73. The van der Waals surface area contributed by atoms with E-state index in [1.54, 1.807) is 11.0 Å². The van der Waals surface area contributed by atoms with Crippen LogP contribution in [0.2, 0.25) is 0 Å². The summed E-state index contributed by atoms with van der Waals surface area (Å²) in [4.78, 5) is 6.16. The highest BCUT2D eigenvalue weighted by Crippen LogP contribution is 2.40. The van der Waals surface area contributed by atoms with Gasteiger partial charge in [-0.05, 0) is 37.8 Å². The molecule has 2 heterocycles. The third-order valence-corrected chi connectivity index (χ3v) is 4.71. The van der Waals surface area contributed by atoms with E-state index >= 15 is 0 Å². The topological polar surface area (TPSA) is 66.0 Å². The van der Waals surface area contributed by atoms with Crippen molar-refractivity contribution in [2.24, 2.45) is 0 Å². The van der Waals surface area contributed by atoms with Gasteiger partial charge in [0, 0.05) is 24.9 Å². The zero-order valence-electron chi connectivity index (χ0n) is 13.0. The molecule has 0 amide bonds. The van der Waals surface area contributed by atoms with Crippen molar-refractivity contribution in [1.29, 1.82) is 5.26 Å². The molecule has 0 bridgehead atoms. The fraction of sp³-hybridized carbons (Fsp3) is 0.471. The molecule has 0 unspecified atom stereocenters. The van der Waals surface area contributed by atoms with Crippen molar-refractivity contribution in [2.75, 3.05) is 18.0 Å². The normalized spacial score (nSPS) is 18.6. The molecule has 1 aromatic heterocycles. The van der Waals surface area contributed by atoms with E-state index in [2.05, 4.69) is 10.1 Å². The van der Waals surface area contributed by atoms with Crippen LogP contribution in [-0.4, -0.2) is 23.2 Å². The van der Waals surface area contributed by atoms with Crippen molar-refractivity contribution in [1.82, 2.24) is 10.1 Å². The molecule has 124 valence electrons. The maximum atomic E-state index is 14.1. The molecule has 1 aliphatic carbocycles. The smallest absolute Gasteiger partial charge is 0.229 e. The summed E-state index contributed by atoms with van der Waals surface area (Å²) in [6.45, 7) is 1.02. The van der Waals surface area contributed by atoms with Gasteiger partial charge in [0.15, 0.2) is 17.5 Å². The molecule has 0 radical (unpaired) electrons. The first kappa shape index (κ1) is 15.1. The van der Waals surface area contributed by atoms with Gasteiger partial charge in [-0.25, -0.2) is 8.78 Å². The Morgan fingerprint density at radius 2 is 1.75 bits per heavy atom. The highest BCUT2D eigenvalue weighted by atomic mass is 19.1. The van der Waals surface area contributed by atoms with Gasteiger partial charge in [0.1, 0.15) is 5.69 Å². The van der Waals surface area contributed by atoms with Crippen molar-refractivity contribution in [3.8, 4) is 6.07 Å². The molecular weight excluding hydrogens is 314 g/mol. The Morgan fingerprint density at radius 1 is 1.08 bits per heavy atom. The summed E-state index contributed by atoms with van der Waals surface area (Å²) < 4.78 is 33.6. The number of anilines is 1. The number of hydrogen-bond acceptors (Lipinski definition) is 5. The first-order chi connectivity index (χ1) is 11.7. The van der Waals surface area contributed by atoms with E-state index in [1.165, 1.54) is 0 Å². The zero-order chi connectivity index (χ0) is 16.7. The summed E-state index contributed by atoms with van der Waals surface area (Å²) in [5.41, 5.74) is -0.0673. The second kappa shape index (κ2) is 5.86. The van der Waals surface area contributed by atoms with Gasteiger partial charge in [-0.2, -0.15) is 10.2 Å². The van der Waals surface area contributed by atoms with Gasteiger partial charge >= 0.3 is 0 Å². The van der Waals surface area contributed by atoms with Crippen molar-refractivity contribution in [3.05, 3.63) is 41.0 Å². The minimum atomic E-state index is -0.694. The summed E-state index contributed by atoms with van der Waals surface area (Å²) in [6.07, 6.45) is 3.64. The molecule has 24 heavy (non-hydrogen) atoms. The molecular formula is C17H16F2N4O. The molecule has 1 saturated carbocycles. The highest BCUT2D eigenvalue weighted by Gasteiger charge is 2.32. The molecule has 0 atom stereocenters. The van der Waals surface area contributed by atoms with Crippen LogP contribution in [0.5, 0.6) is 0 Å². The second-order valence-corrected chi connectivity index (χ2v) is 6.43. The molecule has 4 rings (SSSR count). The van der Waals surface area contributed by atoms with E-state index in [0.717, 1.165) is 30.9 Å². The zero-order valence-corrected chi connectivity index (χ0v) is 13.0. The van der Waals surface area contributed by atoms with Gasteiger partial charge in [-0.3, -0.25) is 0 Å². The Hall–Kier alpha value is -2.49. The van der Waals surface area contributed by atoms with E-state index < -0.39 is 11.6 Å². The number of halogens is 2.